The summed E-state index contributed by atoms with van der Waals surface area (Å²) in [6.07, 6.45) is 0.790. The van der Waals surface area contributed by atoms with Gasteiger partial charge < -0.3 is 5.32 Å². The zero-order chi connectivity index (χ0) is 14.7. The molecule has 0 fully saturated rings. The molecule has 1 atom stereocenters. The van der Waals surface area contributed by atoms with E-state index < -0.39 is 0 Å². The van der Waals surface area contributed by atoms with Gasteiger partial charge in [-0.3, -0.25) is 0 Å². The molecule has 0 aliphatic rings. The molecule has 0 radical (unpaired) electrons. The van der Waals surface area contributed by atoms with Crippen LogP contribution >= 0.6 is 47.8 Å². The van der Waals surface area contributed by atoms with Crippen LogP contribution < -0.4 is 5.32 Å². The second-order valence-electron chi connectivity index (χ2n) is 4.50. The van der Waals surface area contributed by atoms with Crippen molar-refractivity contribution in [3.63, 3.8) is 0 Å². The highest BCUT2D eigenvalue weighted by molar-refractivity contribution is 9.11. The molecule has 2 aromatic rings. The lowest BCUT2D eigenvalue weighted by Gasteiger charge is -2.18. The monoisotopic (exact) mass is 463 g/mol. The van der Waals surface area contributed by atoms with Gasteiger partial charge in [-0.2, -0.15) is 0 Å². The Morgan fingerprint density at radius 1 is 1.05 bits per heavy atom. The van der Waals surface area contributed by atoms with Crippen molar-refractivity contribution in [2.45, 2.75) is 12.5 Å². The molecule has 0 spiro atoms. The Bertz CT molecular complexity index is 596. The fraction of sp³-hybridized carbons (Fsp3) is 0.200. The van der Waals surface area contributed by atoms with Crippen LogP contribution in [-0.2, 0) is 6.42 Å². The lowest BCUT2D eigenvalue weighted by molar-refractivity contribution is 0.587. The molecule has 1 nitrogen and oxygen atoms in total. The summed E-state index contributed by atoms with van der Waals surface area (Å²) in [7, 11) is 1.93. The normalized spacial score (nSPS) is 12.4. The van der Waals surface area contributed by atoms with E-state index in [1.165, 1.54) is 11.6 Å². The number of hydrogen-bond acceptors (Lipinski definition) is 1. The summed E-state index contributed by atoms with van der Waals surface area (Å²) < 4.78 is 15.8. The molecule has 0 aliphatic carbocycles. The van der Waals surface area contributed by atoms with E-state index in [1.54, 1.807) is 0 Å². The maximum Gasteiger partial charge on any atom is 0.137 e. The van der Waals surface area contributed by atoms with Crippen LogP contribution in [0.2, 0.25) is 0 Å². The smallest absolute Gasteiger partial charge is 0.137 e. The van der Waals surface area contributed by atoms with Gasteiger partial charge in [-0.05, 0) is 70.9 Å². The third-order valence-corrected chi connectivity index (χ3v) is 4.58. The molecular weight excluding hydrogens is 453 g/mol. The van der Waals surface area contributed by atoms with Gasteiger partial charge in [-0.15, -0.1) is 0 Å². The molecule has 0 saturated heterocycles. The molecule has 0 bridgehead atoms. The molecule has 5 heteroatoms. The molecule has 1 N–H and O–H groups in total. The van der Waals surface area contributed by atoms with Crippen LogP contribution in [0.4, 0.5) is 4.39 Å². The first-order chi connectivity index (χ1) is 9.49. The number of rotatable bonds is 4. The van der Waals surface area contributed by atoms with Gasteiger partial charge >= 0.3 is 0 Å². The topological polar surface area (TPSA) is 12.0 Å². The first kappa shape index (κ1) is 16.1. The Morgan fingerprint density at radius 2 is 1.70 bits per heavy atom. The second kappa shape index (κ2) is 7.16. The highest BCUT2D eigenvalue weighted by atomic mass is 79.9. The second-order valence-corrected chi connectivity index (χ2v) is 7.18. The Morgan fingerprint density at radius 3 is 2.25 bits per heavy atom. The van der Waals surface area contributed by atoms with E-state index in [0.717, 1.165) is 20.9 Å². The summed E-state index contributed by atoms with van der Waals surface area (Å²) in [5, 5.41) is 3.30. The average molecular weight is 466 g/mol. The number of halogens is 4. The lowest BCUT2D eigenvalue weighted by Crippen LogP contribution is -2.19. The van der Waals surface area contributed by atoms with E-state index in [0.29, 0.717) is 4.47 Å². The van der Waals surface area contributed by atoms with Gasteiger partial charge in [0.2, 0.25) is 0 Å². The summed E-state index contributed by atoms with van der Waals surface area (Å²) in [6, 6.07) is 11.5. The van der Waals surface area contributed by atoms with Crippen LogP contribution in [0, 0.1) is 5.82 Å². The molecule has 2 rings (SSSR count). The molecule has 0 saturated carbocycles. The van der Waals surface area contributed by atoms with Crippen LogP contribution in [0.1, 0.15) is 17.2 Å². The Labute approximate surface area is 143 Å². The largest absolute Gasteiger partial charge is 0.313 e. The van der Waals surface area contributed by atoms with Crippen molar-refractivity contribution in [2.75, 3.05) is 7.05 Å². The maximum absolute atomic E-state index is 13.3. The van der Waals surface area contributed by atoms with Crippen LogP contribution in [0.3, 0.4) is 0 Å². The number of benzene rings is 2. The maximum atomic E-state index is 13.3. The van der Waals surface area contributed by atoms with Crippen molar-refractivity contribution in [2.24, 2.45) is 0 Å². The molecule has 20 heavy (non-hydrogen) atoms. The fourth-order valence-electron chi connectivity index (χ4n) is 2.07. The molecule has 1 unspecified atom stereocenters. The molecular formula is C15H13Br3FN. The highest BCUT2D eigenvalue weighted by Gasteiger charge is 2.12. The van der Waals surface area contributed by atoms with E-state index in [1.807, 2.05) is 25.2 Å². The summed E-state index contributed by atoms with van der Waals surface area (Å²) in [4.78, 5) is 0. The predicted molar refractivity (Wildman–Crippen MR) is 91.4 cm³/mol. The Balaban J connectivity index is 2.26. The summed E-state index contributed by atoms with van der Waals surface area (Å²) in [5.74, 6) is -0.236. The minimum Gasteiger partial charge on any atom is -0.313 e. The molecule has 0 amide bonds. The third kappa shape index (κ3) is 4.13. The van der Waals surface area contributed by atoms with Crippen molar-refractivity contribution in [3.8, 4) is 0 Å². The van der Waals surface area contributed by atoms with Crippen LogP contribution in [0.15, 0.2) is 49.8 Å². The molecule has 0 aliphatic heterocycles. The zero-order valence-corrected chi connectivity index (χ0v) is 15.5. The van der Waals surface area contributed by atoms with Gasteiger partial charge in [0, 0.05) is 15.0 Å². The van der Waals surface area contributed by atoms with Crippen molar-refractivity contribution in [1.29, 1.82) is 0 Å². The number of nitrogens with one attached hydrogen (secondary N) is 1. The molecule has 106 valence electrons. The van der Waals surface area contributed by atoms with Crippen molar-refractivity contribution >= 4 is 47.8 Å². The standard InChI is InChI=1S/C15H13Br3FN/c1-20-15(10-6-11(16)8-12(17)7-10)5-9-2-3-14(19)13(18)4-9/h2-4,6-8,15,20H,5H2,1H3. The van der Waals surface area contributed by atoms with Gasteiger partial charge in [-0.1, -0.05) is 37.9 Å². The Hall–Kier alpha value is -0.230. The first-order valence-corrected chi connectivity index (χ1v) is 8.44. The van der Waals surface area contributed by atoms with Gasteiger partial charge in [0.1, 0.15) is 5.82 Å². The van der Waals surface area contributed by atoms with E-state index in [-0.39, 0.29) is 11.9 Å². The van der Waals surface area contributed by atoms with E-state index in [2.05, 4.69) is 65.2 Å². The Kier molecular flexibility index (Phi) is 5.78. The van der Waals surface area contributed by atoms with E-state index in [4.69, 9.17) is 0 Å². The van der Waals surface area contributed by atoms with Gasteiger partial charge in [0.05, 0.1) is 4.47 Å². The number of hydrogen-bond donors (Lipinski definition) is 1. The SMILES string of the molecule is CNC(Cc1ccc(F)c(Br)c1)c1cc(Br)cc(Br)c1. The summed E-state index contributed by atoms with van der Waals surface area (Å²) in [6.45, 7) is 0. The van der Waals surface area contributed by atoms with Crippen molar-refractivity contribution < 1.29 is 4.39 Å². The van der Waals surface area contributed by atoms with Gasteiger partial charge in [0.25, 0.3) is 0 Å². The van der Waals surface area contributed by atoms with Crippen LogP contribution in [0.25, 0.3) is 0 Å². The zero-order valence-electron chi connectivity index (χ0n) is 10.8. The predicted octanol–water partition coefficient (Wildman–Crippen LogP) is 5.62. The summed E-state index contributed by atoms with van der Waals surface area (Å²) in [5.41, 5.74) is 2.25. The lowest BCUT2D eigenvalue weighted by atomic mass is 9.99. The van der Waals surface area contributed by atoms with Gasteiger partial charge in [-0.25, -0.2) is 4.39 Å². The van der Waals surface area contributed by atoms with Crippen molar-refractivity contribution in [1.82, 2.24) is 5.32 Å². The minimum absolute atomic E-state index is 0.168. The third-order valence-electron chi connectivity index (χ3n) is 3.06. The highest BCUT2D eigenvalue weighted by Crippen LogP contribution is 2.27. The summed E-state index contributed by atoms with van der Waals surface area (Å²) >= 11 is 10.2. The first-order valence-electron chi connectivity index (χ1n) is 6.07. The van der Waals surface area contributed by atoms with E-state index in [9.17, 15) is 4.39 Å². The van der Waals surface area contributed by atoms with Crippen LogP contribution in [-0.4, -0.2) is 7.05 Å². The average Bonchev–Trinajstić information content (AvgIpc) is 2.38. The molecule has 2 aromatic carbocycles. The molecule has 0 heterocycles. The quantitative estimate of drug-likeness (QED) is 0.618. The van der Waals surface area contributed by atoms with Gasteiger partial charge in [0.15, 0.2) is 0 Å². The van der Waals surface area contributed by atoms with Crippen molar-refractivity contribution in [3.05, 3.63) is 66.8 Å². The fourth-order valence-corrected chi connectivity index (χ4v) is 3.82. The number of likely N-dealkylation sites (N-methyl/N-ethyl adjacent to an activating group) is 1. The van der Waals surface area contributed by atoms with E-state index >= 15 is 0 Å². The minimum atomic E-state index is -0.236. The molecule has 0 aromatic heterocycles. The van der Waals surface area contributed by atoms with Crippen LogP contribution in [0.5, 0.6) is 0 Å².